The highest BCUT2D eigenvalue weighted by atomic mass is 16.5. The van der Waals surface area contributed by atoms with Crippen LogP contribution in [0.4, 0.5) is 5.82 Å². The van der Waals surface area contributed by atoms with Crippen molar-refractivity contribution in [2.75, 3.05) is 32.1 Å². The normalized spacial score (nSPS) is 17.8. The smallest absolute Gasteiger partial charge is 0.227 e. The number of morpholine rings is 1. The molecule has 2 aromatic heterocycles. The Hall–Kier alpha value is -2.41. The number of nitrogens with one attached hydrogen (secondary N) is 2. The van der Waals surface area contributed by atoms with E-state index in [9.17, 15) is 4.79 Å². The number of hydrogen-bond acceptors (Lipinski definition) is 5. The van der Waals surface area contributed by atoms with Gasteiger partial charge in [-0.2, -0.15) is 5.10 Å². The van der Waals surface area contributed by atoms with Crippen molar-refractivity contribution >= 4 is 11.7 Å². The van der Waals surface area contributed by atoms with Crippen molar-refractivity contribution < 1.29 is 9.53 Å². The number of aromatic nitrogens is 3. The predicted octanol–water partition coefficient (Wildman–Crippen LogP) is 1.61. The van der Waals surface area contributed by atoms with Gasteiger partial charge in [0.25, 0.3) is 0 Å². The lowest BCUT2D eigenvalue weighted by Gasteiger charge is -2.33. The van der Waals surface area contributed by atoms with E-state index >= 15 is 0 Å². The first-order valence-corrected chi connectivity index (χ1v) is 8.13. The third-order valence-electron chi connectivity index (χ3n) is 4.38. The minimum atomic E-state index is -0.192. The number of amides is 1. The molecule has 3 heterocycles. The highest BCUT2D eigenvalue weighted by molar-refractivity contribution is 5.79. The SMILES string of the molecule is CNc1cccc([C@H]2CN(C(=O)Cc3c(C)n[nH]c3C)CCO2)n1. The molecular weight excluding hydrogens is 306 g/mol. The molecule has 0 radical (unpaired) electrons. The van der Waals surface area contributed by atoms with E-state index in [0.29, 0.717) is 26.1 Å². The van der Waals surface area contributed by atoms with Gasteiger partial charge in [-0.05, 0) is 26.0 Å². The van der Waals surface area contributed by atoms with Gasteiger partial charge < -0.3 is 15.0 Å². The molecule has 2 aromatic rings. The number of aromatic amines is 1. The number of carbonyl (C=O) groups excluding carboxylic acids is 1. The number of aryl methyl sites for hydroxylation is 2. The van der Waals surface area contributed by atoms with Crippen LogP contribution < -0.4 is 5.32 Å². The first-order valence-electron chi connectivity index (χ1n) is 8.13. The Labute approximate surface area is 141 Å². The molecule has 1 aliphatic rings. The molecule has 0 bridgehead atoms. The van der Waals surface area contributed by atoms with Crippen LogP contribution in [0.25, 0.3) is 0 Å². The van der Waals surface area contributed by atoms with E-state index in [1.807, 2.05) is 44.0 Å². The number of carbonyl (C=O) groups is 1. The first kappa shape index (κ1) is 16.4. The molecule has 3 rings (SSSR count). The lowest BCUT2D eigenvalue weighted by Crippen LogP contribution is -2.43. The van der Waals surface area contributed by atoms with Crippen molar-refractivity contribution in [2.45, 2.75) is 26.4 Å². The standard InChI is InChI=1S/C17H23N5O2/c1-11-13(12(2)21-20-11)9-17(23)22-7-8-24-15(10-22)14-5-4-6-16(18-3)19-14/h4-6,15H,7-10H2,1-3H3,(H,18,19)(H,20,21)/t15-/m1/s1. The molecule has 7 heteroatoms. The zero-order chi connectivity index (χ0) is 17.1. The Bertz CT molecular complexity index is 708. The molecule has 24 heavy (non-hydrogen) atoms. The quantitative estimate of drug-likeness (QED) is 0.890. The molecule has 1 aliphatic heterocycles. The summed E-state index contributed by atoms with van der Waals surface area (Å²) in [5, 5.41) is 10.1. The minimum Gasteiger partial charge on any atom is -0.373 e. The third kappa shape index (κ3) is 3.41. The molecule has 0 aliphatic carbocycles. The number of anilines is 1. The predicted molar refractivity (Wildman–Crippen MR) is 90.8 cm³/mol. The first-order chi connectivity index (χ1) is 11.6. The number of H-pyrrole nitrogens is 1. The lowest BCUT2D eigenvalue weighted by molar-refractivity contribution is -0.138. The summed E-state index contributed by atoms with van der Waals surface area (Å²) in [5.41, 5.74) is 3.66. The Balaban J connectivity index is 1.69. The van der Waals surface area contributed by atoms with E-state index in [0.717, 1.165) is 28.5 Å². The lowest BCUT2D eigenvalue weighted by atomic mass is 10.1. The average molecular weight is 329 g/mol. The number of pyridine rings is 1. The van der Waals surface area contributed by atoms with Crippen molar-refractivity contribution in [3.05, 3.63) is 40.8 Å². The van der Waals surface area contributed by atoms with E-state index in [1.54, 1.807) is 0 Å². The average Bonchev–Trinajstić information content (AvgIpc) is 2.94. The van der Waals surface area contributed by atoms with Crippen molar-refractivity contribution in [3.8, 4) is 0 Å². The van der Waals surface area contributed by atoms with Crippen molar-refractivity contribution in [2.24, 2.45) is 0 Å². The van der Waals surface area contributed by atoms with Crippen molar-refractivity contribution in [3.63, 3.8) is 0 Å². The zero-order valence-electron chi connectivity index (χ0n) is 14.3. The van der Waals surface area contributed by atoms with E-state index < -0.39 is 0 Å². The van der Waals surface area contributed by atoms with E-state index in [-0.39, 0.29) is 12.0 Å². The van der Waals surface area contributed by atoms with E-state index in [4.69, 9.17) is 4.74 Å². The number of hydrogen-bond donors (Lipinski definition) is 2. The molecule has 0 saturated carbocycles. The van der Waals surface area contributed by atoms with Crippen LogP contribution in [0, 0.1) is 13.8 Å². The fourth-order valence-electron chi connectivity index (χ4n) is 2.92. The summed E-state index contributed by atoms with van der Waals surface area (Å²) in [6.07, 6.45) is 0.174. The molecular formula is C17H23N5O2. The molecule has 0 unspecified atom stereocenters. The van der Waals surface area contributed by atoms with Gasteiger partial charge in [-0.3, -0.25) is 9.89 Å². The monoisotopic (exact) mass is 329 g/mol. The van der Waals surface area contributed by atoms with Gasteiger partial charge in [0.2, 0.25) is 5.91 Å². The Morgan fingerprint density at radius 1 is 1.46 bits per heavy atom. The van der Waals surface area contributed by atoms with Crippen LogP contribution in [0.2, 0.25) is 0 Å². The minimum absolute atomic E-state index is 0.0978. The summed E-state index contributed by atoms with van der Waals surface area (Å²) in [7, 11) is 1.83. The van der Waals surface area contributed by atoms with Crippen molar-refractivity contribution in [1.29, 1.82) is 0 Å². The van der Waals surface area contributed by atoms with Crippen LogP contribution in [-0.4, -0.2) is 52.7 Å². The second-order valence-corrected chi connectivity index (χ2v) is 5.99. The summed E-state index contributed by atoms with van der Waals surface area (Å²) in [6, 6.07) is 5.78. The van der Waals surface area contributed by atoms with Crippen LogP contribution in [0.15, 0.2) is 18.2 Å². The van der Waals surface area contributed by atoms with Crippen molar-refractivity contribution in [1.82, 2.24) is 20.1 Å². The van der Waals surface area contributed by atoms with Gasteiger partial charge >= 0.3 is 0 Å². The third-order valence-corrected chi connectivity index (χ3v) is 4.38. The largest absolute Gasteiger partial charge is 0.373 e. The fraction of sp³-hybridized carbons (Fsp3) is 0.471. The second-order valence-electron chi connectivity index (χ2n) is 5.99. The van der Waals surface area contributed by atoms with Gasteiger partial charge in [-0.15, -0.1) is 0 Å². The number of nitrogens with zero attached hydrogens (tertiary/aromatic N) is 3. The molecule has 7 nitrogen and oxygen atoms in total. The Kier molecular flexibility index (Phi) is 4.80. The molecule has 2 N–H and O–H groups in total. The van der Waals surface area contributed by atoms with Crippen LogP contribution in [0.5, 0.6) is 0 Å². The maximum atomic E-state index is 12.7. The van der Waals surface area contributed by atoms with Gasteiger partial charge in [0.05, 0.1) is 31.0 Å². The van der Waals surface area contributed by atoms with E-state index in [1.165, 1.54) is 0 Å². The molecule has 1 atom stereocenters. The van der Waals surface area contributed by atoms with Crippen LogP contribution >= 0.6 is 0 Å². The van der Waals surface area contributed by atoms with Gasteiger partial charge in [0.15, 0.2) is 0 Å². The Morgan fingerprint density at radius 2 is 2.29 bits per heavy atom. The topological polar surface area (TPSA) is 83.1 Å². The summed E-state index contributed by atoms with van der Waals surface area (Å²) < 4.78 is 5.82. The maximum absolute atomic E-state index is 12.7. The Morgan fingerprint density at radius 3 is 3.00 bits per heavy atom. The molecule has 1 saturated heterocycles. The van der Waals surface area contributed by atoms with Gasteiger partial charge in [-0.1, -0.05) is 6.07 Å². The molecule has 0 aromatic carbocycles. The highest BCUT2D eigenvalue weighted by Gasteiger charge is 2.27. The summed E-state index contributed by atoms with van der Waals surface area (Å²) >= 11 is 0. The molecule has 1 fully saturated rings. The van der Waals surface area contributed by atoms with Gasteiger partial charge in [0, 0.05) is 24.8 Å². The zero-order valence-corrected chi connectivity index (χ0v) is 14.3. The fourth-order valence-corrected chi connectivity index (χ4v) is 2.92. The van der Waals surface area contributed by atoms with Crippen LogP contribution in [0.1, 0.15) is 28.7 Å². The van der Waals surface area contributed by atoms with Crippen LogP contribution in [-0.2, 0) is 16.0 Å². The molecule has 0 spiro atoms. The number of ether oxygens (including phenoxy) is 1. The maximum Gasteiger partial charge on any atom is 0.227 e. The van der Waals surface area contributed by atoms with Gasteiger partial charge in [0.1, 0.15) is 11.9 Å². The highest BCUT2D eigenvalue weighted by Crippen LogP contribution is 2.23. The number of rotatable bonds is 4. The molecule has 1 amide bonds. The van der Waals surface area contributed by atoms with E-state index in [2.05, 4.69) is 20.5 Å². The summed E-state index contributed by atoms with van der Waals surface area (Å²) in [6.45, 7) is 5.51. The summed E-state index contributed by atoms with van der Waals surface area (Å²) in [4.78, 5) is 19.0. The van der Waals surface area contributed by atoms with Gasteiger partial charge in [-0.25, -0.2) is 4.98 Å². The second kappa shape index (κ2) is 7.00. The molecule has 128 valence electrons. The van der Waals surface area contributed by atoms with Crippen LogP contribution in [0.3, 0.4) is 0 Å². The summed E-state index contributed by atoms with van der Waals surface area (Å²) in [5.74, 6) is 0.893.